The molecule has 0 fully saturated rings. The van der Waals surface area contributed by atoms with E-state index in [1.165, 1.54) is 11.3 Å². The van der Waals surface area contributed by atoms with Crippen LogP contribution in [0.1, 0.15) is 44.5 Å². The standard InChI is InChI=1S/C21H24N2O5S/c1-4-27-21(26)18-15-6-5-7-16(15)29-19(18)22-17(24)12-28-20(25)13-8-10-14(11-9-13)23(2)3/h8-11H,4-7,12H2,1-3H3,(H,22,24). The summed E-state index contributed by atoms with van der Waals surface area (Å²) < 4.78 is 10.3. The van der Waals surface area contributed by atoms with Crippen molar-refractivity contribution in [1.29, 1.82) is 0 Å². The van der Waals surface area contributed by atoms with Crippen molar-refractivity contribution in [2.75, 3.05) is 37.5 Å². The van der Waals surface area contributed by atoms with Crippen LogP contribution in [0, 0.1) is 0 Å². The third kappa shape index (κ3) is 4.76. The average molecular weight is 416 g/mol. The van der Waals surface area contributed by atoms with Gasteiger partial charge in [0.15, 0.2) is 6.61 Å². The van der Waals surface area contributed by atoms with Gasteiger partial charge in [-0.05, 0) is 56.0 Å². The topological polar surface area (TPSA) is 84.9 Å². The molecule has 1 amide bonds. The maximum atomic E-state index is 12.3. The highest BCUT2D eigenvalue weighted by Crippen LogP contribution is 2.39. The van der Waals surface area contributed by atoms with Gasteiger partial charge in [-0.2, -0.15) is 0 Å². The molecule has 0 spiro atoms. The molecule has 1 aromatic heterocycles. The van der Waals surface area contributed by atoms with Crippen molar-refractivity contribution < 1.29 is 23.9 Å². The summed E-state index contributed by atoms with van der Waals surface area (Å²) in [6, 6.07) is 6.90. The number of hydrogen-bond acceptors (Lipinski definition) is 7. The second-order valence-corrected chi connectivity index (χ2v) is 7.95. The summed E-state index contributed by atoms with van der Waals surface area (Å²) in [7, 11) is 3.81. The zero-order chi connectivity index (χ0) is 21.0. The van der Waals surface area contributed by atoms with E-state index in [4.69, 9.17) is 9.47 Å². The fourth-order valence-corrected chi connectivity index (χ4v) is 4.48. The van der Waals surface area contributed by atoms with E-state index < -0.39 is 24.5 Å². The molecule has 0 saturated carbocycles. The number of benzene rings is 1. The van der Waals surface area contributed by atoms with Crippen LogP contribution in [0.5, 0.6) is 0 Å². The van der Waals surface area contributed by atoms with Gasteiger partial charge in [-0.3, -0.25) is 4.79 Å². The molecule has 1 aliphatic rings. The smallest absolute Gasteiger partial charge is 0.341 e. The molecule has 0 saturated heterocycles. The van der Waals surface area contributed by atoms with E-state index in [1.54, 1.807) is 31.2 Å². The van der Waals surface area contributed by atoms with E-state index in [0.717, 1.165) is 35.4 Å². The minimum absolute atomic E-state index is 0.265. The molecule has 0 unspecified atom stereocenters. The highest BCUT2D eigenvalue weighted by molar-refractivity contribution is 7.17. The Labute approximate surface area is 173 Å². The fourth-order valence-electron chi connectivity index (χ4n) is 3.18. The lowest BCUT2D eigenvalue weighted by molar-refractivity contribution is -0.119. The third-order valence-electron chi connectivity index (χ3n) is 4.61. The summed E-state index contributed by atoms with van der Waals surface area (Å²) in [4.78, 5) is 39.8. The molecule has 1 aliphatic carbocycles. The van der Waals surface area contributed by atoms with Crippen molar-refractivity contribution in [1.82, 2.24) is 0 Å². The Hall–Kier alpha value is -2.87. The number of amides is 1. The van der Waals surface area contributed by atoms with Crippen molar-refractivity contribution in [3.05, 3.63) is 45.8 Å². The monoisotopic (exact) mass is 416 g/mol. The largest absolute Gasteiger partial charge is 0.462 e. The van der Waals surface area contributed by atoms with Gasteiger partial charge in [-0.25, -0.2) is 9.59 Å². The van der Waals surface area contributed by atoms with Crippen LogP contribution >= 0.6 is 11.3 Å². The Morgan fingerprint density at radius 3 is 2.45 bits per heavy atom. The number of anilines is 2. The summed E-state index contributed by atoms with van der Waals surface area (Å²) in [6.07, 6.45) is 2.68. The fraction of sp³-hybridized carbons (Fsp3) is 0.381. The number of carbonyl (C=O) groups is 3. The Bertz CT molecular complexity index is 918. The molecule has 154 valence electrons. The zero-order valence-electron chi connectivity index (χ0n) is 16.7. The maximum Gasteiger partial charge on any atom is 0.341 e. The summed E-state index contributed by atoms with van der Waals surface area (Å²) >= 11 is 1.39. The minimum Gasteiger partial charge on any atom is -0.462 e. The number of fused-ring (bicyclic) bond motifs is 1. The van der Waals surface area contributed by atoms with Gasteiger partial charge in [0.1, 0.15) is 5.00 Å². The quantitative estimate of drug-likeness (QED) is 0.698. The Morgan fingerprint density at radius 1 is 1.07 bits per heavy atom. The molecule has 3 rings (SSSR count). The third-order valence-corrected chi connectivity index (χ3v) is 5.81. The zero-order valence-corrected chi connectivity index (χ0v) is 17.6. The number of ether oxygens (including phenoxy) is 2. The predicted molar refractivity (Wildman–Crippen MR) is 112 cm³/mol. The first-order valence-corrected chi connectivity index (χ1v) is 10.3. The minimum atomic E-state index is -0.579. The van der Waals surface area contributed by atoms with Gasteiger partial charge in [0.25, 0.3) is 5.91 Å². The molecule has 1 N–H and O–H groups in total. The number of aryl methyl sites for hydroxylation is 1. The van der Waals surface area contributed by atoms with Crippen LogP contribution in [-0.2, 0) is 27.1 Å². The number of carbonyl (C=O) groups excluding carboxylic acids is 3. The average Bonchev–Trinajstić information content (AvgIpc) is 3.27. The lowest BCUT2D eigenvalue weighted by Crippen LogP contribution is -2.22. The normalized spacial score (nSPS) is 12.2. The number of thiophene rings is 1. The Balaban J connectivity index is 1.62. The number of hydrogen-bond donors (Lipinski definition) is 1. The first-order valence-electron chi connectivity index (χ1n) is 9.46. The molecule has 7 nitrogen and oxygen atoms in total. The second-order valence-electron chi connectivity index (χ2n) is 6.85. The summed E-state index contributed by atoms with van der Waals surface area (Å²) in [5, 5.41) is 3.17. The number of rotatable bonds is 7. The number of nitrogens with one attached hydrogen (secondary N) is 1. The van der Waals surface area contributed by atoms with E-state index in [-0.39, 0.29) is 6.61 Å². The lowest BCUT2D eigenvalue weighted by atomic mass is 10.1. The van der Waals surface area contributed by atoms with Crippen LogP contribution in [0.4, 0.5) is 10.7 Å². The predicted octanol–water partition coefficient (Wildman–Crippen LogP) is 3.28. The van der Waals surface area contributed by atoms with Crippen LogP contribution < -0.4 is 10.2 Å². The Morgan fingerprint density at radius 2 is 1.79 bits per heavy atom. The summed E-state index contributed by atoms with van der Waals surface area (Å²) in [5.41, 5.74) is 2.72. The molecule has 1 aromatic carbocycles. The van der Waals surface area contributed by atoms with E-state index in [9.17, 15) is 14.4 Å². The van der Waals surface area contributed by atoms with E-state index >= 15 is 0 Å². The number of esters is 2. The van der Waals surface area contributed by atoms with Gasteiger partial charge in [0, 0.05) is 24.7 Å². The van der Waals surface area contributed by atoms with Crippen molar-refractivity contribution in [2.45, 2.75) is 26.2 Å². The van der Waals surface area contributed by atoms with Gasteiger partial charge in [-0.15, -0.1) is 11.3 Å². The molecule has 2 aromatic rings. The van der Waals surface area contributed by atoms with Crippen molar-refractivity contribution in [3.8, 4) is 0 Å². The first-order chi connectivity index (χ1) is 13.9. The van der Waals surface area contributed by atoms with Crippen molar-refractivity contribution in [2.24, 2.45) is 0 Å². The summed E-state index contributed by atoms with van der Waals surface area (Å²) in [6.45, 7) is 1.58. The molecule has 0 bridgehead atoms. The van der Waals surface area contributed by atoms with Gasteiger partial charge in [-0.1, -0.05) is 0 Å². The van der Waals surface area contributed by atoms with E-state index in [2.05, 4.69) is 5.32 Å². The second kappa shape index (κ2) is 9.09. The molecule has 0 atom stereocenters. The maximum absolute atomic E-state index is 12.3. The molecule has 8 heteroatoms. The van der Waals surface area contributed by atoms with Crippen LogP contribution in [0.3, 0.4) is 0 Å². The highest BCUT2D eigenvalue weighted by Gasteiger charge is 2.28. The highest BCUT2D eigenvalue weighted by atomic mass is 32.1. The van der Waals surface area contributed by atoms with Gasteiger partial charge < -0.3 is 19.7 Å². The van der Waals surface area contributed by atoms with Crippen LogP contribution in [-0.4, -0.2) is 45.2 Å². The first kappa shape index (κ1) is 20.9. The lowest BCUT2D eigenvalue weighted by Gasteiger charge is -2.12. The number of nitrogens with zero attached hydrogens (tertiary/aromatic N) is 1. The van der Waals surface area contributed by atoms with Gasteiger partial charge in [0.2, 0.25) is 0 Å². The van der Waals surface area contributed by atoms with Crippen LogP contribution in [0.2, 0.25) is 0 Å². The van der Waals surface area contributed by atoms with Crippen molar-refractivity contribution in [3.63, 3.8) is 0 Å². The molecular formula is C21H24N2O5S. The van der Waals surface area contributed by atoms with E-state index in [0.29, 0.717) is 16.1 Å². The SMILES string of the molecule is CCOC(=O)c1c(NC(=O)COC(=O)c2ccc(N(C)C)cc2)sc2c1CCC2. The molecule has 0 radical (unpaired) electrons. The van der Waals surface area contributed by atoms with Crippen molar-refractivity contribution >= 4 is 39.9 Å². The summed E-state index contributed by atoms with van der Waals surface area (Å²) in [5.74, 6) is -1.50. The molecule has 0 aliphatic heterocycles. The molecular weight excluding hydrogens is 392 g/mol. The van der Waals surface area contributed by atoms with Gasteiger partial charge in [0.05, 0.1) is 17.7 Å². The molecule has 29 heavy (non-hydrogen) atoms. The Kier molecular flexibility index (Phi) is 6.53. The van der Waals surface area contributed by atoms with E-state index in [1.807, 2.05) is 19.0 Å². The van der Waals surface area contributed by atoms with Crippen LogP contribution in [0.25, 0.3) is 0 Å². The van der Waals surface area contributed by atoms with Gasteiger partial charge >= 0.3 is 11.9 Å². The molecule has 1 heterocycles. The van der Waals surface area contributed by atoms with Crippen LogP contribution in [0.15, 0.2) is 24.3 Å².